The lowest BCUT2D eigenvalue weighted by Crippen LogP contribution is -2.56. The number of nitrogens with one attached hydrogen (secondary N) is 3. The maximum atomic E-state index is 13.1. The fourth-order valence-electron chi connectivity index (χ4n) is 3.74. The van der Waals surface area contributed by atoms with Gasteiger partial charge in [-0.05, 0) is 72.4 Å². The molecule has 35 heavy (non-hydrogen) atoms. The molecule has 0 saturated carbocycles. The molecule has 3 N–H and O–H groups in total. The zero-order valence-electron chi connectivity index (χ0n) is 20.6. The van der Waals surface area contributed by atoms with Crippen LogP contribution < -0.4 is 16.0 Å². The first-order valence-corrected chi connectivity index (χ1v) is 15.6. The van der Waals surface area contributed by atoms with Crippen molar-refractivity contribution >= 4 is 67.7 Å². The second-order valence-corrected chi connectivity index (χ2v) is 13.0. The summed E-state index contributed by atoms with van der Waals surface area (Å²) < 4.78 is 1.05. The van der Waals surface area contributed by atoms with Gasteiger partial charge in [0.2, 0.25) is 17.6 Å². The molecule has 3 atom stereocenters. The van der Waals surface area contributed by atoms with Crippen molar-refractivity contribution < 1.29 is 19.2 Å². The van der Waals surface area contributed by atoms with E-state index >= 15 is 0 Å². The lowest BCUT2D eigenvalue weighted by Gasteiger charge is -2.25. The van der Waals surface area contributed by atoms with Gasteiger partial charge in [-0.15, -0.1) is 0 Å². The monoisotopic (exact) mass is 633 g/mol. The van der Waals surface area contributed by atoms with Gasteiger partial charge in [0, 0.05) is 34.0 Å². The first kappa shape index (κ1) is 30.0. The summed E-state index contributed by atoms with van der Waals surface area (Å²) >= 11 is 2.19. The molecular weight excluding hydrogens is 597 g/mol. The summed E-state index contributed by atoms with van der Waals surface area (Å²) in [7, 11) is 3.86. The zero-order chi connectivity index (χ0) is 25.8. The van der Waals surface area contributed by atoms with Gasteiger partial charge in [0.15, 0.2) is 0 Å². The molecule has 0 spiro atoms. The maximum Gasteiger partial charge on any atom is 0.289 e. The molecule has 2 rings (SSSR count). The van der Waals surface area contributed by atoms with Crippen molar-refractivity contribution in [3.8, 4) is 0 Å². The molecule has 194 valence electrons. The van der Waals surface area contributed by atoms with Gasteiger partial charge in [0.05, 0.1) is 0 Å². The van der Waals surface area contributed by atoms with Crippen LogP contribution in [0, 0.1) is 9.49 Å². The van der Waals surface area contributed by atoms with Gasteiger partial charge in [-0.1, -0.05) is 54.0 Å². The number of likely N-dealkylation sites (N-methyl/N-ethyl adjacent to an activating group) is 1. The predicted octanol–water partition coefficient (Wildman–Crippen LogP) is 3.88. The molecule has 1 aromatic rings. The van der Waals surface area contributed by atoms with Crippen LogP contribution in [0.25, 0.3) is 0 Å². The number of rotatable bonds is 14. The fraction of sp³-hybridized carbons (Fsp3) is 0.600. The second-order valence-electron chi connectivity index (χ2n) is 8.98. The maximum absolute atomic E-state index is 13.1. The number of hydrogen-bond acceptors (Lipinski definition) is 6. The molecule has 1 heterocycles. The molecular formula is C25H36IN3O4S2. The summed E-state index contributed by atoms with van der Waals surface area (Å²) in [4.78, 5) is 50.8. The number of carbonyl (C=O) groups excluding carboxylic acids is 4. The number of unbranched alkanes of at least 4 members (excludes halogenated alkanes) is 1. The summed E-state index contributed by atoms with van der Waals surface area (Å²) in [6, 6.07) is 5.76. The quantitative estimate of drug-likeness (QED) is 0.124. The molecule has 0 bridgehead atoms. The van der Waals surface area contributed by atoms with E-state index in [0.717, 1.165) is 28.4 Å². The molecule has 7 nitrogen and oxygen atoms in total. The van der Waals surface area contributed by atoms with Gasteiger partial charge in [-0.25, -0.2) is 0 Å². The topological polar surface area (TPSA) is 104 Å². The van der Waals surface area contributed by atoms with Crippen molar-refractivity contribution in [2.24, 2.45) is 5.92 Å². The first-order valence-electron chi connectivity index (χ1n) is 12.2. The zero-order valence-corrected chi connectivity index (χ0v) is 24.4. The smallest absolute Gasteiger partial charge is 0.289 e. The Bertz CT molecular complexity index is 861. The molecule has 1 unspecified atom stereocenters. The number of amides is 3. The van der Waals surface area contributed by atoms with Gasteiger partial charge >= 0.3 is 0 Å². The number of carbonyl (C=O) groups is 4. The Labute approximate surface area is 230 Å². The van der Waals surface area contributed by atoms with Crippen LogP contribution in [-0.4, -0.2) is 53.1 Å². The summed E-state index contributed by atoms with van der Waals surface area (Å²) in [6.45, 7) is 5.74. The van der Waals surface area contributed by atoms with E-state index in [4.69, 9.17) is 0 Å². The molecule has 0 aliphatic carbocycles. The van der Waals surface area contributed by atoms with Crippen LogP contribution in [0.2, 0.25) is 0 Å². The van der Waals surface area contributed by atoms with E-state index < -0.39 is 29.7 Å². The van der Waals surface area contributed by atoms with Crippen molar-refractivity contribution in [3.05, 3.63) is 33.4 Å². The molecule has 0 radical (unpaired) electrons. The van der Waals surface area contributed by atoms with Crippen LogP contribution in [0.4, 0.5) is 0 Å². The van der Waals surface area contributed by atoms with Gasteiger partial charge in [-0.3, -0.25) is 19.2 Å². The van der Waals surface area contributed by atoms with Crippen molar-refractivity contribution in [2.45, 2.75) is 76.6 Å². The van der Waals surface area contributed by atoms with Gasteiger partial charge in [-0.2, -0.15) is 0 Å². The minimum Gasteiger partial charge on any atom is -0.350 e. The molecule has 1 fully saturated rings. The van der Waals surface area contributed by atoms with Crippen LogP contribution in [0.1, 0.15) is 58.4 Å². The third-order valence-electron chi connectivity index (χ3n) is 5.72. The molecule has 0 aromatic heterocycles. The average Bonchev–Trinajstić information content (AvgIpc) is 3.34. The van der Waals surface area contributed by atoms with Crippen LogP contribution in [0.15, 0.2) is 24.3 Å². The number of hydrogen-bond donors (Lipinski definition) is 3. The van der Waals surface area contributed by atoms with E-state index in [2.05, 4.69) is 38.5 Å². The van der Waals surface area contributed by atoms with E-state index in [1.807, 2.05) is 59.7 Å². The van der Waals surface area contributed by atoms with E-state index in [1.54, 1.807) is 6.92 Å². The fourth-order valence-corrected chi connectivity index (χ4v) is 7.12. The highest BCUT2D eigenvalue weighted by atomic mass is 127. The normalized spacial score (nSPS) is 17.0. The third kappa shape index (κ3) is 10.7. The Kier molecular flexibility index (Phi) is 13.5. The summed E-state index contributed by atoms with van der Waals surface area (Å²) in [6.07, 6.45) is 4.67. The Balaban J connectivity index is 1.98. The number of halogens is 1. The van der Waals surface area contributed by atoms with Crippen molar-refractivity contribution in [2.75, 3.05) is 12.3 Å². The van der Waals surface area contributed by atoms with Gasteiger partial charge in [0.1, 0.15) is 12.1 Å². The molecule has 1 saturated heterocycles. The Morgan fingerprint density at radius 1 is 1.09 bits per heavy atom. The van der Waals surface area contributed by atoms with E-state index in [-0.39, 0.29) is 18.2 Å². The van der Waals surface area contributed by atoms with E-state index in [0.29, 0.717) is 18.2 Å². The Morgan fingerprint density at radius 3 is 2.40 bits per heavy atom. The Morgan fingerprint density at radius 2 is 1.80 bits per heavy atom. The highest BCUT2D eigenvalue weighted by molar-refractivity contribution is 14.1. The summed E-state index contributed by atoms with van der Waals surface area (Å²) in [5.74, 6) is -1.03. The van der Waals surface area contributed by atoms with E-state index in [1.165, 1.54) is 12.2 Å². The molecule has 1 aromatic carbocycles. The SMILES string of the molecule is CCNC(=O)C(=O)[C@H](Cc1ccc(I)cc1)NC(=O)[C@@H](NC(=O)CCCCC1CCSS1)C(C)C. The van der Waals surface area contributed by atoms with Crippen LogP contribution in [0.3, 0.4) is 0 Å². The van der Waals surface area contributed by atoms with Gasteiger partial charge < -0.3 is 16.0 Å². The predicted molar refractivity (Wildman–Crippen MR) is 152 cm³/mol. The van der Waals surface area contributed by atoms with Crippen molar-refractivity contribution in [1.82, 2.24) is 16.0 Å². The first-order chi connectivity index (χ1) is 16.7. The second kappa shape index (κ2) is 15.8. The molecule has 3 amide bonds. The number of Topliss-reactive ketones (excluding diaryl/α,β-unsaturated/α-hetero) is 1. The van der Waals surface area contributed by atoms with Crippen LogP contribution in [-0.2, 0) is 25.6 Å². The minimum absolute atomic E-state index is 0.170. The highest BCUT2D eigenvalue weighted by Crippen LogP contribution is 2.39. The Hall–Kier alpha value is -1.27. The lowest BCUT2D eigenvalue weighted by molar-refractivity contribution is -0.140. The lowest BCUT2D eigenvalue weighted by atomic mass is 9.98. The standard InChI is InChI=1S/C25H36IN3O4S2/c1-4-27-25(33)23(31)20(15-17-9-11-18(26)12-10-17)28-24(32)22(16(2)3)29-21(30)8-6-5-7-19-13-14-34-35-19/h9-12,16,19-20,22H,4-8,13-15H2,1-3H3,(H,27,33)(H,28,32)(H,29,30)/t19?,20-,22-/m0/s1. The van der Waals surface area contributed by atoms with Crippen LogP contribution in [0.5, 0.6) is 0 Å². The number of ketones is 1. The molecule has 1 aliphatic rings. The number of benzene rings is 1. The van der Waals surface area contributed by atoms with Crippen molar-refractivity contribution in [1.29, 1.82) is 0 Å². The third-order valence-corrected chi connectivity index (χ3v) is 9.45. The van der Waals surface area contributed by atoms with E-state index in [9.17, 15) is 19.2 Å². The molecule has 10 heteroatoms. The molecule has 1 aliphatic heterocycles. The summed E-state index contributed by atoms with van der Waals surface area (Å²) in [5.41, 5.74) is 0.831. The van der Waals surface area contributed by atoms with Crippen LogP contribution >= 0.6 is 44.2 Å². The van der Waals surface area contributed by atoms with Crippen molar-refractivity contribution in [3.63, 3.8) is 0 Å². The van der Waals surface area contributed by atoms with Gasteiger partial charge in [0.25, 0.3) is 5.91 Å². The largest absolute Gasteiger partial charge is 0.350 e. The minimum atomic E-state index is -1.02. The summed E-state index contributed by atoms with van der Waals surface area (Å²) in [5, 5.41) is 8.78. The highest BCUT2D eigenvalue weighted by Gasteiger charge is 2.31. The average molecular weight is 634 g/mol.